The molecule has 5 aliphatic rings. The Kier molecular flexibility index (Phi) is 7.27. The van der Waals surface area contributed by atoms with E-state index in [1.807, 2.05) is 36.1 Å². The molecule has 6 rings (SSSR count). The number of nitrogens with zero attached hydrogens (tertiary/aromatic N) is 1. The zero-order valence-electron chi connectivity index (χ0n) is 24.0. The van der Waals surface area contributed by atoms with Crippen molar-refractivity contribution in [1.29, 1.82) is 0 Å². The molecule has 7 nitrogen and oxygen atoms in total. The van der Waals surface area contributed by atoms with E-state index in [4.69, 9.17) is 16.3 Å². The molecule has 2 N–H and O–H groups in total. The highest BCUT2D eigenvalue weighted by Crippen LogP contribution is 2.56. The Morgan fingerprint density at radius 1 is 1.05 bits per heavy atom. The Hall–Kier alpha value is -2.38. The molecule has 3 heterocycles. The molecule has 0 aromatic heterocycles. The standard InChI is InChI=1S/C32H42ClN3O4/c1-17-8-12-22(13-9-17)36-28(30(38)35-24-7-5-6-18(2)20(24)4)32-15-14-25(40-32)26(27(32)31(36)39)29(37)34-21-11-10-19(3)23(33)16-21/h10-11,14-18,20,22,24-28H,5-9,12-13H2,1-4H3,(H,34,37)(H,35,38)/t17?,18?,20?,22?,24?,25-,26?,27-,28?,32?/m0/s1. The highest BCUT2D eigenvalue weighted by atomic mass is 35.5. The van der Waals surface area contributed by atoms with Crippen molar-refractivity contribution in [3.05, 3.63) is 40.9 Å². The van der Waals surface area contributed by atoms with Crippen LogP contribution in [0.1, 0.15) is 71.3 Å². The van der Waals surface area contributed by atoms with Crippen LogP contribution in [0.25, 0.3) is 0 Å². The highest BCUT2D eigenvalue weighted by molar-refractivity contribution is 6.31. The number of aryl methyl sites for hydroxylation is 1. The first-order chi connectivity index (χ1) is 19.1. The first kappa shape index (κ1) is 27.8. The van der Waals surface area contributed by atoms with Crippen LogP contribution < -0.4 is 10.6 Å². The fourth-order valence-electron chi connectivity index (χ4n) is 8.06. The molecule has 40 heavy (non-hydrogen) atoms. The molecule has 6 unspecified atom stereocenters. The van der Waals surface area contributed by atoms with Crippen molar-refractivity contribution < 1.29 is 19.1 Å². The van der Waals surface area contributed by atoms with Crippen LogP contribution in [0, 0.1) is 36.5 Å². The predicted molar refractivity (Wildman–Crippen MR) is 155 cm³/mol. The Morgan fingerprint density at radius 3 is 2.52 bits per heavy atom. The molecular formula is C32H42ClN3O4. The molecular weight excluding hydrogens is 526 g/mol. The summed E-state index contributed by atoms with van der Waals surface area (Å²) in [6, 6.07) is 4.66. The molecule has 0 radical (unpaired) electrons. The van der Waals surface area contributed by atoms with Gasteiger partial charge < -0.3 is 20.3 Å². The zero-order valence-corrected chi connectivity index (χ0v) is 24.7. The number of rotatable bonds is 5. The minimum absolute atomic E-state index is 0.0298. The van der Waals surface area contributed by atoms with Crippen LogP contribution in [-0.4, -0.2) is 52.5 Å². The molecule has 2 saturated carbocycles. The van der Waals surface area contributed by atoms with Gasteiger partial charge in [-0.05, 0) is 74.5 Å². The van der Waals surface area contributed by atoms with Gasteiger partial charge in [-0.15, -0.1) is 0 Å². The summed E-state index contributed by atoms with van der Waals surface area (Å²) < 4.78 is 6.56. The summed E-state index contributed by atoms with van der Waals surface area (Å²) in [5, 5.41) is 6.91. The summed E-state index contributed by atoms with van der Waals surface area (Å²) in [6.07, 6.45) is 10.2. The summed E-state index contributed by atoms with van der Waals surface area (Å²) in [7, 11) is 0. The van der Waals surface area contributed by atoms with E-state index in [1.165, 1.54) is 6.42 Å². The SMILES string of the molecule is Cc1ccc(NC(=O)C2[C@@H]3C=CC4(O3)C(C(=O)NC3CCCC(C)C3C)N(C3CCC(C)CC3)C(=O)[C@H]24)cc1Cl. The second-order valence-electron chi connectivity index (χ2n) is 13.2. The van der Waals surface area contributed by atoms with E-state index in [-0.39, 0.29) is 29.8 Å². The lowest BCUT2D eigenvalue weighted by atomic mass is 9.73. The van der Waals surface area contributed by atoms with Crippen molar-refractivity contribution in [1.82, 2.24) is 10.2 Å². The second kappa shape index (κ2) is 10.5. The molecule has 1 spiro atoms. The average Bonchev–Trinajstić information content (AvgIpc) is 3.57. The Bertz CT molecular complexity index is 1230. The van der Waals surface area contributed by atoms with E-state index < -0.39 is 29.6 Å². The summed E-state index contributed by atoms with van der Waals surface area (Å²) in [6.45, 7) is 8.62. The van der Waals surface area contributed by atoms with Gasteiger partial charge in [-0.25, -0.2) is 0 Å². The highest BCUT2D eigenvalue weighted by Gasteiger charge is 2.73. The quantitative estimate of drug-likeness (QED) is 0.475. The van der Waals surface area contributed by atoms with Gasteiger partial charge >= 0.3 is 0 Å². The molecule has 2 bridgehead atoms. The third kappa shape index (κ3) is 4.48. The van der Waals surface area contributed by atoms with Crippen LogP contribution in [0.5, 0.6) is 0 Å². The van der Waals surface area contributed by atoms with E-state index >= 15 is 0 Å². The van der Waals surface area contributed by atoms with Crippen molar-refractivity contribution in [2.75, 3.05) is 5.32 Å². The van der Waals surface area contributed by atoms with Gasteiger partial charge in [-0.2, -0.15) is 0 Å². The number of amides is 3. The Labute approximate surface area is 242 Å². The van der Waals surface area contributed by atoms with Gasteiger partial charge in [0.2, 0.25) is 17.7 Å². The number of likely N-dealkylation sites (tertiary alicyclic amines) is 1. The second-order valence-corrected chi connectivity index (χ2v) is 13.6. The van der Waals surface area contributed by atoms with Crippen LogP contribution in [0.2, 0.25) is 5.02 Å². The first-order valence-electron chi connectivity index (χ1n) is 15.2. The maximum absolute atomic E-state index is 14.4. The zero-order chi connectivity index (χ0) is 28.3. The van der Waals surface area contributed by atoms with Crippen LogP contribution in [0.4, 0.5) is 5.69 Å². The number of benzene rings is 1. The minimum Gasteiger partial charge on any atom is -0.359 e. The smallest absolute Gasteiger partial charge is 0.246 e. The van der Waals surface area contributed by atoms with Crippen LogP contribution in [0.3, 0.4) is 0 Å². The maximum atomic E-state index is 14.4. The molecule has 2 aliphatic carbocycles. The monoisotopic (exact) mass is 567 g/mol. The van der Waals surface area contributed by atoms with Gasteiger partial charge in [0.15, 0.2) is 0 Å². The number of halogens is 1. The maximum Gasteiger partial charge on any atom is 0.246 e. The third-order valence-corrected chi connectivity index (χ3v) is 11.1. The molecule has 1 aromatic carbocycles. The summed E-state index contributed by atoms with van der Waals surface area (Å²) >= 11 is 6.31. The number of fused-ring (bicyclic) bond motifs is 1. The van der Waals surface area contributed by atoms with Gasteiger partial charge in [0.05, 0.1) is 17.9 Å². The summed E-state index contributed by atoms with van der Waals surface area (Å²) in [5.74, 6) is -0.486. The summed E-state index contributed by atoms with van der Waals surface area (Å²) in [5.41, 5.74) is 0.370. The van der Waals surface area contributed by atoms with Gasteiger partial charge in [0.25, 0.3) is 0 Å². The Morgan fingerprint density at radius 2 is 1.80 bits per heavy atom. The molecule has 3 aliphatic heterocycles. The van der Waals surface area contributed by atoms with E-state index in [0.717, 1.165) is 44.1 Å². The van der Waals surface area contributed by atoms with Crippen LogP contribution in [-0.2, 0) is 19.1 Å². The molecule has 1 aromatic rings. The van der Waals surface area contributed by atoms with E-state index in [2.05, 4.69) is 31.4 Å². The molecule has 4 fully saturated rings. The molecule has 2 saturated heterocycles. The lowest BCUT2D eigenvalue weighted by Crippen LogP contribution is -2.59. The largest absolute Gasteiger partial charge is 0.359 e. The molecule has 216 valence electrons. The molecule has 8 heteroatoms. The number of nitrogens with one attached hydrogen (secondary N) is 2. The molecule has 3 amide bonds. The lowest BCUT2D eigenvalue weighted by molar-refractivity contribution is -0.145. The third-order valence-electron chi connectivity index (χ3n) is 10.7. The predicted octanol–water partition coefficient (Wildman–Crippen LogP) is 5.26. The van der Waals surface area contributed by atoms with Crippen molar-refractivity contribution in [2.24, 2.45) is 29.6 Å². The minimum atomic E-state index is -1.13. The van der Waals surface area contributed by atoms with Gasteiger partial charge in [-0.3, -0.25) is 14.4 Å². The van der Waals surface area contributed by atoms with Crippen molar-refractivity contribution in [3.8, 4) is 0 Å². The van der Waals surface area contributed by atoms with Crippen molar-refractivity contribution >= 4 is 35.0 Å². The first-order valence-corrected chi connectivity index (χ1v) is 15.5. The summed E-state index contributed by atoms with van der Waals surface area (Å²) in [4.78, 5) is 44.2. The van der Waals surface area contributed by atoms with Crippen LogP contribution >= 0.6 is 11.6 Å². The number of ether oxygens (including phenoxy) is 1. The van der Waals surface area contributed by atoms with Gasteiger partial charge in [0, 0.05) is 22.8 Å². The van der Waals surface area contributed by atoms with E-state index in [1.54, 1.807) is 6.07 Å². The molecule has 8 atom stereocenters. The van der Waals surface area contributed by atoms with Gasteiger partial charge in [-0.1, -0.05) is 63.4 Å². The van der Waals surface area contributed by atoms with Crippen molar-refractivity contribution in [3.63, 3.8) is 0 Å². The average molecular weight is 568 g/mol. The van der Waals surface area contributed by atoms with Crippen LogP contribution in [0.15, 0.2) is 30.4 Å². The fraction of sp³-hybridized carbons (Fsp3) is 0.656. The van der Waals surface area contributed by atoms with Gasteiger partial charge in [0.1, 0.15) is 11.6 Å². The fourth-order valence-corrected chi connectivity index (χ4v) is 8.24. The Balaban J connectivity index is 1.31. The number of anilines is 1. The number of hydrogen-bond acceptors (Lipinski definition) is 4. The lowest BCUT2D eigenvalue weighted by Gasteiger charge is -2.41. The van der Waals surface area contributed by atoms with Crippen molar-refractivity contribution in [2.45, 2.75) is 102 Å². The topological polar surface area (TPSA) is 87.7 Å². The number of hydrogen-bond donors (Lipinski definition) is 2. The van der Waals surface area contributed by atoms with E-state index in [0.29, 0.717) is 28.5 Å². The van der Waals surface area contributed by atoms with E-state index in [9.17, 15) is 14.4 Å². The number of carbonyl (C=O) groups is 3. The normalized spacial score (nSPS) is 40.3. The number of carbonyl (C=O) groups excluding carboxylic acids is 3.